The van der Waals surface area contributed by atoms with Gasteiger partial charge in [-0.3, -0.25) is 9.59 Å². The van der Waals surface area contributed by atoms with Crippen LogP contribution in [0.5, 0.6) is 0 Å². The topological polar surface area (TPSA) is 85.1 Å². The van der Waals surface area contributed by atoms with Crippen LogP contribution in [0.2, 0.25) is 0 Å². The van der Waals surface area contributed by atoms with Gasteiger partial charge in [-0.1, -0.05) is 75.2 Å². The van der Waals surface area contributed by atoms with E-state index in [0.29, 0.717) is 22.0 Å². The number of carbonyl (C=O) groups is 2. The Kier molecular flexibility index (Phi) is 6.86. The Hall–Kier alpha value is -3.51. The predicted octanol–water partition coefficient (Wildman–Crippen LogP) is 7.47. The molecular weight excluding hydrogens is 490 g/mol. The number of aromatic nitrogens is 1. The third kappa shape index (κ3) is 4.62. The van der Waals surface area contributed by atoms with Gasteiger partial charge < -0.3 is 11.1 Å². The number of amides is 2. The van der Waals surface area contributed by atoms with Gasteiger partial charge in [0, 0.05) is 15.8 Å². The van der Waals surface area contributed by atoms with E-state index in [1.165, 1.54) is 16.2 Å². The van der Waals surface area contributed by atoms with Crippen LogP contribution in [0.3, 0.4) is 0 Å². The van der Waals surface area contributed by atoms with Crippen LogP contribution in [-0.2, 0) is 12.8 Å². The highest BCUT2D eigenvalue weighted by molar-refractivity contribution is 7.17. The molecule has 1 aliphatic rings. The maximum Gasteiger partial charge on any atom is 0.257 e. The number of para-hydroxylation sites is 1. The lowest BCUT2D eigenvalue weighted by Crippen LogP contribution is -2.29. The van der Waals surface area contributed by atoms with E-state index in [0.717, 1.165) is 64.5 Å². The third-order valence-corrected chi connectivity index (χ3v) is 9.61. The zero-order chi connectivity index (χ0) is 27.2. The average molecular weight is 526 g/mol. The maximum absolute atomic E-state index is 14.0. The van der Waals surface area contributed by atoms with Crippen molar-refractivity contribution in [2.45, 2.75) is 60.3 Å². The van der Waals surface area contributed by atoms with Gasteiger partial charge in [-0.15, -0.1) is 11.3 Å². The fraction of sp³-hybridized carbons (Fsp3) is 0.344. The molecule has 4 aromatic rings. The van der Waals surface area contributed by atoms with E-state index in [2.05, 4.69) is 26.1 Å². The summed E-state index contributed by atoms with van der Waals surface area (Å²) in [4.78, 5) is 32.7. The monoisotopic (exact) mass is 525 g/mol. The number of rotatable bonds is 6. The van der Waals surface area contributed by atoms with Crippen LogP contribution in [0.1, 0.15) is 75.9 Å². The van der Waals surface area contributed by atoms with E-state index in [1.54, 1.807) is 0 Å². The number of anilines is 1. The van der Waals surface area contributed by atoms with Crippen molar-refractivity contribution in [3.63, 3.8) is 0 Å². The molecule has 2 aromatic heterocycles. The minimum absolute atomic E-state index is 0.220. The number of fused-ring (bicyclic) bond motifs is 2. The molecule has 0 fully saturated rings. The van der Waals surface area contributed by atoms with E-state index in [9.17, 15) is 9.59 Å². The number of benzene rings is 2. The van der Waals surface area contributed by atoms with Crippen LogP contribution in [0, 0.1) is 25.2 Å². The van der Waals surface area contributed by atoms with Crippen molar-refractivity contribution < 1.29 is 9.59 Å². The minimum atomic E-state index is -0.484. The van der Waals surface area contributed by atoms with Gasteiger partial charge in [-0.2, -0.15) is 0 Å². The fourth-order valence-corrected chi connectivity index (χ4v) is 6.98. The Morgan fingerprint density at radius 2 is 1.79 bits per heavy atom. The SMILES string of the molecule is CCC(C)(C)C1CCc2c(sc(NC(=O)c3c(C)c(-c4ccc(C)cc4)nc4ccccc34)c2C(N)=O)C1. The van der Waals surface area contributed by atoms with E-state index < -0.39 is 5.91 Å². The number of primary amides is 1. The second-order valence-electron chi connectivity index (χ2n) is 11.2. The number of hydrogen-bond acceptors (Lipinski definition) is 4. The molecule has 196 valence electrons. The molecule has 3 N–H and O–H groups in total. The molecule has 1 atom stereocenters. The molecule has 6 heteroatoms. The molecule has 0 spiro atoms. The summed E-state index contributed by atoms with van der Waals surface area (Å²) < 4.78 is 0. The van der Waals surface area contributed by atoms with Crippen molar-refractivity contribution in [1.82, 2.24) is 4.98 Å². The lowest BCUT2D eigenvalue weighted by molar-refractivity contribution is 0.0999. The summed E-state index contributed by atoms with van der Waals surface area (Å²) in [5, 5.41) is 4.44. The molecule has 0 aliphatic heterocycles. The molecule has 1 unspecified atom stereocenters. The molecule has 2 heterocycles. The first-order chi connectivity index (χ1) is 18.1. The second-order valence-corrected chi connectivity index (χ2v) is 12.3. The number of pyridine rings is 1. The normalized spacial score (nSPS) is 15.3. The molecule has 5 rings (SSSR count). The van der Waals surface area contributed by atoms with Gasteiger partial charge in [0.25, 0.3) is 11.8 Å². The van der Waals surface area contributed by atoms with Crippen molar-refractivity contribution in [3.8, 4) is 11.3 Å². The Bertz CT molecular complexity index is 1550. The van der Waals surface area contributed by atoms with Gasteiger partial charge >= 0.3 is 0 Å². The largest absolute Gasteiger partial charge is 0.365 e. The lowest BCUT2D eigenvalue weighted by atomic mass is 9.69. The predicted molar refractivity (Wildman–Crippen MR) is 157 cm³/mol. The number of aryl methyl sites for hydroxylation is 1. The molecule has 0 radical (unpaired) electrons. The van der Waals surface area contributed by atoms with E-state index >= 15 is 0 Å². The summed E-state index contributed by atoms with van der Waals surface area (Å²) >= 11 is 1.51. The molecule has 5 nitrogen and oxygen atoms in total. The molecule has 1 aliphatic carbocycles. The van der Waals surface area contributed by atoms with Crippen molar-refractivity contribution in [2.75, 3.05) is 5.32 Å². The van der Waals surface area contributed by atoms with E-state index in [1.807, 2.05) is 62.4 Å². The summed E-state index contributed by atoms with van der Waals surface area (Å²) in [6, 6.07) is 15.9. The van der Waals surface area contributed by atoms with Gasteiger partial charge in [0.15, 0.2) is 0 Å². The van der Waals surface area contributed by atoms with Gasteiger partial charge in [0.2, 0.25) is 0 Å². The summed E-state index contributed by atoms with van der Waals surface area (Å²) in [5.74, 6) is -0.199. The van der Waals surface area contributed by atoms with Gasteiger partial charge in [0.1, 0.15) is 5.00 Å². The summed E-state index contributed by atoms with van der Waals surface area (Å²) in [7, 11) is 0. The van der Waals surface area contributed by atoms with Gasteiger partial charge in [-0.25, -0.2) is 4.98 Å². The van der Waals surface area contributed by atoms with Crippen LogP contribution in [0.25, 0.3) is 22.2 Å². The number of nitrogens with one attached hydrogen (secondary N) is 1. The number of hydrogen-bond donors (Lipinski definition) is 2. The van der Waals surface area contributed by atoms with Crippen LogP contribution >= 0.6 is 11.3 Å². The highest BCUT2D eigenvalue weighted by Gasteiger charge is 2.35. The highest BCUT2D eigenvalue weighted by atomic mass is 32.1. The van der Waals surface area contributed by atoms with Crippen molar-refractivity contribution in [1.29, 1.82) is 0 Å². The zero-order valence-corrected chi connectivity index (χ0v) is 23.6. The Labute approximate surface area is 228 Å². The van der Waals surface area contributed by atoms with E-state index in [-0.39, 0.29) is 11.3 Å². The Morgan fingerprint density at radius 1 is 1.08 bits per heavy atom. The highest BCUT2D eigenvalue weighted by Crippen LogP contribution is 2.45. The van der Waals surface area contributed by atoms with Gasteiger partial charge in [0.05, 0.1) is 22.3 Å². The van der Waals surface area contributed by atoms with Crippen molar-refractivity contribution >= 4 is 39.1 Å². The molecule has 0 saturated carbocycles. The molecular formula is C32H35N3O2S. The summed E-state index contributed by atoms with van der Waals surface area (Å²) in [6.07, 6.45) is 3.84. The molecule has 38 heavy (non-hydrogen) atoms. The van der Waals surface area contributed by atoms with Crippen molar-refractivity contribution in [2.24, 2.45) is 17.1 Å². The van der Waals surface area contributed by atoms with Crippen LogP contribution in [-0.4, -0.2) is 16.8 Å². The quantitative estimate of drug-likeness (QED) is 0.274. The van der Waals surface area contributed by atoms with Crippen LogP contribution < -0.4 is 11.1 Å². The standard InChI is InChI=1S/C32H35N3O2S/c1-6-32(4,5)21-15-16-23-25(17-21)38-31(27(23)29(33)36)35-30(37)26-19(3)28(20-13-11-18(2)12-14-20)34-24-10-8-7-9-22(24)26/h7-14,21H,6,15-17H2,1-5H3,(H2,33,36)(H,35,37). The lowest BCUT2D eigenvalue weighted by Gasteiger charge is -2.36. The molecule has 2 amide bonds. The number of nitrogens with two attached hydrogens (primary N) is 1. The number of carbonyl (C=O) groups excluding carboxylic acids is 2. The summed E-state index contributed by atoms with van der Waals surface area (Å²) in [6.45, 7) is 10.9. The first-order valence-electron chi connectivity index (χ1n) is 13.3. The molecule has 0 bridgehead atoms. The first kappa shape index (κ1) is 26.1. The first-order valence-corrected chi connectivity index (χ1v) is 14.1. The zero-order valence-electron chi connectivity index (χ0n) is 22.8. The fourth-order valence-electron chi connectivity index (χ4n) is 5.65. The smallest absolute Gasteiger partial charge is 0.257 e. The molecule has 2 aromatic carbocycles. The number of thiophene rings is 1. The summed E-state index contributed by atoms with van der Waals surface area (Å²) in [5.41, 5.74) is 12.6. The minimum Gasteiger partial charge on any atom is -0.365 e. The van der Waals surface area contributed by atoms with Gasteiger partial charge in [-0.05, 0) is 61.6 Å². The molecule has 0 saturated heterocycles. The second kappa shape index (κ2) is 9.99. The Morgan fingerprint density at radius 3 is 2.47 bits per heavy atom. The van der Waals surface area contributed by atoms with E-state index in [4.69, 9.17) is 10.7 Å². The van der Waals surface area contributed by atoms with Crippen LogP contribution in [0.4, 0.5) is 5.00 Å². The van der Waals surface area contributed by atoms with Crippen molar-refractivity contribution in [3.05, 3.63) is 81.2 Å². The maximum atomic E-state index is 14.0. The average Bonchev–Trinajstić information content (AvgIpc) is 3.26. The Balaban J connectivity index is 1.57. The van der Waals surface area contributed by atoms with Crippen LogP contribution in [0.15, 0.2) is 48.5 Å². The number of nitrogens with zero attached hydrogens (tertiary/aromatic N) is 1. The third-order valence-electron chi connectivity index (χ3n) is 8.44.